The van der Waals surface area contributed by atoms with E-state index < -0.39 is 0 Å². The molecule has 1 aromatic carbocycles. The predicted octanol–water partition coefficient (Wildman–Crippen LogP) is 2.32. The van der Waals surface area contributed by atoms with Gasteiger partial charge in [0.15, 0.2) is 0 Å². The summed E-state index contributed by atoms with van der Waals surface area (Å²) in [4.78, 5) is 11.6. The molecule has 1 N–H and O–H groups in total. The van der Waals surface area contributed by atoms with Crippen molar-refractivity contribution in [3.63, 3.8) is 0 Å². The van der Waals surface area contributed by atoms with Gasteiger partial charge in [0.25, 0.3) is 0 Å². The van der Waals surface area contributed by atoms with Crippen molar-refractivity contribution in [2.75, 3.05) is 6.54 Å². The van der Waals surface area contributed by atoms with Crippen LogP contribution in [0.2, 0.25) is 5.02 Å². The lowest BCUT2D eigenvalue weighted by molar-refractivity contribution is -0.121. The number of benzene rings is 1. The molecule has 1 amide bonds. The molecule has 0 fully saturated rings. The molecule has 92 valence electrons. The van der Waals surface area contributed by atoms with Gasteiger partial charge in [-0.2, -0.15) is 5.26 Å². The van der Waals surface area contributed by atoms with Crippen molar-refractivity contribution in [2.45, 2.75) is 13.0 Å². The Hall–Kier alpha value is -1.99. The fourth-order valence-corrected chi connectivity index (χ4v) is 1.93. The zero-order chi connectivity index (χ0) is 13.0. The van der Waals surface area contributed by atoms with Crippen LogP contribution in [0.15, 0.2) is 30.5 Å². The zero-order valence-electron chi connectivity index (χ0n) is 9.69. The number of carbonyl (C=O) groups excluding carboxylic acids is 1. The topological polar surface area (TPSA) is 57.8 Å². The maximum atomic E-state index is 11.6. The average molecular weight is 262 g/mol. The first-order valence-corrected chi connectivity index (χ1v) is 5.96. The summed E-state index contributed by atoms with van der Waals surface area (Å²) in [7, 11) is 0. The maximum absolute atomic E-state index is 11.6. The summed E-state index contributed by atoms with van der Waals surface area (Å²) in [5.41, 5.74) is 0.929. The lowest BCUT2D eigenvalue weighted by atomic mass is 10.2. The van der Waals surface area contributed by atoms with E-state index in [1.807, 2.05) is 41.1 Å². The Morgan fingerprint density at radius 2 is 2.28 bits per heavy atom. The van der Waals surface area contributed by atoms with E-state index in [1.165, 1.54) is 0 Å². The minimum absolute atomic E-state index is 0.109. The number of fused-ring (bicyclic) bond motifs is 1. The second kappa shape index (κ2) is 5.56. The van der Waals surface area contributed by atoms with Crippen LogP contribution in [0.3, 0.4) is 0 Å². The lowest BCUT2D eigenvalue weighted by Gasteiger charge is -2.06. The highest BCUT2D eigenvalue weighted by Crippen LogP contribution is 2.20. The summed E-state index contributed by atoms with van der Waals surface area (Å²) in [6, 6.07) is 9.49. The number of carbonyl (C=O) groups is 1. The van der Waals surface area contributed by atoms with Crippen molar-refractivity contribution >= 4 is 28.4 Å². The summed E-state index contributed by atoms with van der Waals surface area (Å²) in [6.45, 7) is 0.616. The minimum atomic E-state index is -0.109. The Labute approximate surface area is 110 Å². The van der Waals surface area contributed by atoms with Crippen LogP contribution in [-0.2, 0) is 11.3 Å². The number of aromatic nitrogens is 1. The SMILES string of the molecule is N#CCCNC(=O)Cn1ccc2ccc(Cl)cc21. The van der Waals surface area contributed by atoms with E-state index in [9.17, 15) is 4.79 Å². The van der Waals surface area contributed by atoms with Crippen molar-refractivity contribution in [3.8, 4) is 6.07 Å². The van der Waals surface area contributed by atoms with Gasteiger partial charge in [0.05, 0.1) is 12.5 Å². The van der Waals surface area contributed by atoms with E-state index in [0.29, 0.717) is 18.0 Å². The van der Waals surface area contributed by atoms with Gasteiger partial charge in [-0.1, -0.05) is 17.7 Å². The van der Waals surface area contributed by atoms with Gasteiger partial charge in [-0.25, -0.2) is 0 Å². The van der Waals surface area contributed by atoms with Crippen molar-refractivity contribution in [2.24, 2.45) is 0 Å². The fraction of sp³-hybridized carbons (Fsp3) is 0.231. The minimum Gasteiger partial charge on any atom is -0.354 e. The molecule has 0 saturated carbocycles. The second-order valence-electron chi connectivity index (χ2n) is 3.90. The Morgan fingerprint density at radius 3 is 3.06 bits per heavy atom. The molecule has 0 aliphatic heterocycles. The van der Waals surface area contributed by atoms with Crippen LogP contribution in [0.1, 0.15) is 6.42 Å². The van der Waals surface area contributed by atoms with Crippen LogP contribution >= 0.6 is 11.6 Å². The molecule has 0 aliphatic rings. The third-order valence-corrected chi connectivity index (χ3v) is 2.84. The highest BCUT2D eigenvalue weighted by molar-refractivity contribution is 6.31. The van der Waals surface area contributed by atoms with Crippen LogP contribution in [0, 0.1) is 11.3 Å². The van der Waals surface area contributed by atoms with Crippen molar-refractivity contribution in [1.82, 2.24) is 9.88 Å². The highest BCUT2D eigenvalue weighted by atomic mass is 35.5. The van der Waals surface area contributed by atoms with E-state index in [1.54, 1.807) is 0 Å². The van der Waals surface area contributed by atoms with Gasteiger partial charge in [0.1, 0.15) is 6.54 Å². The molecule has 2 aromatic rings. The van der Waals surface area contributed by atoms with Crippen molar-refractivity contribution < 1.29 is 4.79 Å². The first-order chi connectivity index (χ1) is 8.70. The van der Waals surface area contributed by atoms with E-state index in [4.69, 9.17) is 16.9 Å². The number of nitrogens with one attached hydrogen (secondary N) is 1. The molecule has 4 nitrogen and oxygen atoms in total. The smallest absolute Gasteiger partial charge is 0.239 e. The van der Waals surface area contributed by atoms with Crippen LogP contribution in [-0.4, -0.2) is 17.0 Å². The summed E-state index contributed by atoms with van der Waals surface area (Å²) >= 11 is 5.94. The van der Waals surface area contributed by atoms with Crippen LogP contribution in [0.4, 0.5) is 0 Å². The van der Waals surface area contributed by atoms with E-state index in [2.05, 4.69) is 5.32 Å². The molecule has 0 bridgehead atoms. The largest absolute Gasteiger partial charge is 0.354 e. The third kappa shape index (κ3) is 2.82. The van der Waals surface area contributed by atoms with E-state index in [-0.39, 0.29) is 12.5 Å². The Bertz CT molecular complexity index is 612. The summed E-state index contributed by atoms with van der Waals surface area (Å²) < 4.78 is 1.84. The normalized spacial score (nSPS) is 10.2. The number of hydrogen-bond donors (Lipinski definition) is 1. The first-order valence-electron chi connectivity index (χ1n) is 5.59. The summed E-state index contributed by atoms with van der Waals surface area (Å²) in [6.07, 6.45) is 2.18. The zero-order valence-corrected chi connectivity index (χ0v) is 10.4. The molecule has 0 atom stereocenters. The van der Waals surface area contributed by atoms with Gasteiger partial charge in [-0.15, -0.1) is 0 Å². The number of amides is 1. The molecule has 0 unspecified atom stereocenters. The monoisotopic (exact) mass is 261 g/mol. The van der Waals surface area contributed by atoms with Gasteiger partial charge < -0.3 is 9.88 Å². The molecular formula is C13H12ClN3O. The number of nitriles is 1. The number of halogens is 1. The van der Waals surface area contributed by atoms with Crippen molar-refractivity contribution in [1.29, 1.82) is 5.26 Å². The van der Waals surface area contributed by atoms with Gasteiger partial charge in [0.2, 0.25) is 5.91 Å². The van der Waals surface area contributed by atoms with Crippen LogP contribution in [0.25, 0.3) is 10.9 Å². The lowest BCUT2D eigenvalue weighted by Crippen LogP contribution is -2.27. The molecule has 1 aromatic heterocycles. The molecule has 0 radical (unpaired) electrons. The molecule has 0 saturated heterocycles. The van der Waals surface area contributed by atoms with E-state index in [0.717, 1.165) is 10.9 Å². The standard InChI is InChI=1S/C13H12ClN3O/c14-11-3-2-10-4-7-17(12(10)8-11)9-13(18)16-6-1-5-15/h2-4,7-8H,1,6,9H2,(H,16,18). The van der Waals surface area contributed by atoms with Gasteiger partial charge >= 0.3 is 0 Å². The summed E-state index contributed by atoms with van der Waals surface area (Å²) in [5, 5.41) is 12.8. The second-order valence-corrected chi connectivity index (χ2v) is 4.34. The summed E-state index contributed by atoms with van der Waals surface area (Å²) in [5.74, 6) is -0.109. The van der Waals surface area contributed by atoms with Gasteiger partial charge in [-0.05, 0) is 23.6 Å². The molecule has 18 heavy (non-hydrogen) atoms. The van der Waals surface area contributed by atoms with Crippen molar-refractivity contribution in [3.05, 3.63) is 35.5 Å². The van der Waals surface area contributed by atoms with Gasteiger partial charge in [0, 0.05) is 23.3 Å². The Kier molecular flexibility index (Phi) is 3.85. The molecule has 2 rings (SSSR count). The number of rotatable bonds is 4. The predicted molar refractivity (Wildman–Crippen MR) is 70.2 cm³/mol. The quantitative estimate of drug-likeness (QED) is 0.859. The highest BCUT2D eigenvalue weighted by Gasteiger charge is 2.06. The molecule has 0 spiro atoms. The first kappa shape index (κ1) is 12.5. The van der Waals surface area contributed by atoms with Gasteiger partial charge in [-0.3, -0.25) is 4.79 Å². The Morgan fingerprint density at radius 1 is 1.44 bits per heavy atom. The number of hydrogen-bond acceptors (Lipinski definition) is 2. The molecule has 1 heterocycles. The molecule has 5 heteroatoms. The van der Waals surface area contributed by atoms with E-state index >= 15 is 0 Å². The van der Waals surface area contributed by atoms with Crippen LogP contribution < -0.4 is 5.32 Å². The third-order valence-electron chi connectivity index (χ3n) is 2.61. The Balaban J connectivity index is 2.10. The maximum Gasteiger partial charge on any atom is 0.239 e. The van der Waals surface area contributed by atoms with Crippen LogP contribution in [0.5, 0.6) is 0 Å². The molecular weight excluding hydrogens is 250 g/mol. The molecule has 0 aliphatic carbocycles. The average Bonchev–Trinajstić information content (AvgIpc) is 2.72. The number of nitrogens with zero attached hydrogens (tertiary/aromatic N) is 2. The fourth-order valence-electron chi connectivity index (χ4n) is 1.76.